The summed E-state index contributed by atoms with van der Waals surface area (Å²) in [6.07, 6.45) is 6.11. The predicted molar refractivity (Wildman–Crippen MR) is 70.6 cm³/mol. The first-order chi connectivity index (χ1) is 8.70. The van der Waals surface area contributed by atoms with Gasteiger partial charge >= 0.3 is 5.97 Å². The van der Waals surface area contributed by atoms with E-state index in [9.17, 15) is 4.79 Å². The fourth-order valence-electron chi connectivity index (χ4n) is 2.53. The van der Waals surface area contributed by atoms with Crippen molar-refractivity contribution >= 4 is 11.8 Å². The van der Waals surface area contributed by atoms with Gasteiger partial charge in [-0.2, -0.15) is 0 Å². The number of nitrogens with zero attached hydrogens (tertiary/aromatic N) is 1. The molecule has 18 heavy (non-hydrogen) atoms. The minimum absolute atomic E-state index is 0.155. The predicted octanol–water partition coefficient (Wildman–Crippen LogP) is 2.70. The quantitative estimate of drug-likeness (QED) is 0.860. The molecule has 0 bridgehead atoms. The van der Waals surface area contributed by atoms with Crippen LogP contribution in [0.15, 0.2) is 18.3 Å². The van der Waals surface area contributed by atoms with Gasteiger partial charge in [-0.05, 0) is 43.7 Å². The van der Waals surface area contributed by atoms with Gasteiger partial charge < -0.3 is 10.4 Å². The normalized spacial score (nSPS) is 23.6. The summed E-state index contributed by atoms with van der Waals surface area (Å²) < 4.78 is 0. The lowest BCUT2D eigenvalue weighted by molar-refractivity contribution is -0.142. The number of anilines is 1. The van der Waals surface area contributed by atoms with Gasteiger partial charge in [0.2, 0.25) is 0 Å². The standard InChI is InChI=1S/C14H20N2O2/c1-2-10-4-3-9-15-13(10)16-12-7-5-11(6-8-12)14(17)18/h3-4,9,11-12H,2,5-8H2,1H3,(H,15,16)(H,17,18). The lowest BCUT2D eigenvalue weighted by Gasteiger charge is -2.27. The highest BCUT2D eigenvalue weighted by Crippen LogP contribution is 2.27. The van der Waals surface area contributed by atoms with Crippen LogP contribution >= 0.6 is 0 Å². The van der Waals surface area contributed by atoms with Crippen molar-refractivity contribution < 1.29 is 9.90 Å². The van der Waals surface area contributed by atoms with Gasteiger partial charge in [0.1, 0.15) is 5.82 Å². The van der Waals surface area contributed by atoms with Crippen molar-refractivity contribution in [3.63, 3.8) is 0 Å². The summed E-state index contributed by atoms with van der Waals surface area (Å²) in [6, 6.07) is 4.39. The fraction of sp³-hybridized carbons (Fsp3) is 0.571. The van der Waals surface area contributed by atoms with Crippen LogP contribution < -0.4 is 5.32 Å². The molecule has 4 heteroatoms. The highest BCUT2D eigenvalue weighted by atomic mass is 16.4. The first-order valence-electron chi connectivity index (χ1n) is 6.64. The van der Waals surface area contributed by atoms with E-state index in [0.717, 1.165) is 37.9 Å². The molecule has 0 amide bonds. The molecule has 0 radical (unpaired) electrons. The number of carboxylic acids is 1. The van der Waals surface area contributed by atoms with E-state index in [1.54, 1.807) is 6.20 Å². The number of aromatic nitrogens is 1. The third kappa shape index (κ3) is 3.00. The molecule has 0 spiro atoms. The zero-order valence-corrected chi connectivity index (χ0v) is 10.7. The van der Waals surface area contributed by atoms with Crippen LogP contribution in [0.4, 0.5) is 5.82 Å². The van der Waals surface area contributed by atoms with E-state index in [-0.39, 0.29) is 5.92 Å². The number of aryl methyl sites for hydroxylation is 1. The third-order valence-corrected chi connectivity index (χ3v) is 3.69. The average molecular weight is 248 g/mol. The second-order valence-corrected chi connectivity index (χ2v) is 4.90. The van der Waals surface area contributed by atoms with Gasteiger partial charge in [0.05, 0.1) is 5.92 Å². The van der Waals surface area contributed by atoms with E-state index < -0.39 is 5.97 Å². The highest BCUT2D eigenvalue weighted by molar-refractivity contribution is 5.70. The number of nitrogens with one attached hydrogen (secondary N) is 1. The number of hydrogen-bond donors (Lipinski definition) is 2. The van der Waals surface area contributed by atoms with Crippen molar-refractivity contribution in [2.45, 2.75) is 45.1 Å². The second-order valence-electron chi connectivity index (χ2n) is 4.90. The van der Waals surface area contributed by atoms with E-state index in [1.165, 1.54) is 5.56 Å². The summed E-state index contributed by atoms with van der Waals surface area (Å²) in [4.78, 5) is 15.3. The fourth-order valence-corrected chi connectivity index (χ4v) is 2.53. The van der Waals surface area contributed by atoms with Gasteiger partial charge in [0.15, 0.2) is 0 Å². The molecule has 1 aliphatic rings. The van der Waals surface area contributed by atoms with Gasteiger partial charge in [-0.3, -0.25) is 4.79 Å². The molecule has 2 rings (SSSR count). The summed E-state index contributed by atoms with van der Waals surface area (Å²) in [5.41, 5.74) is 1.22. The van der Waals surface area contributed by atoms with Gasteiger partial charge in [-0.1, -0.05) is 13.0 Å². The molecule has 0 unspecified atom stereocenters. The Bertz CT molecular complexity index is 412. The molecule has 4 nitrogen and oxygen atoms in total. The van der Waals surface area contributed by atoms with E-state index in [1.807, 2.05) is 6.07 Å². The van der Waals surface area contributed by atoms with Crippen LogP contribution in [-0.4, -0.2) is 22.1 Å². The monoisotopic (exact) mass is 248 g/mol. The molecular weight excluding hydrogens is 228 g/mol. The van der Waals surface area contributed by atoms with E-state index in [4.69, 9.17) is 5.11 Å². The van der Waals surface area contributed by atoms with Crippen LogP contribution in [0.25, 0.3) is 0 Å². The Kier molecular flexibility index (Phi) is 4.18. The minimum Gasteiger partial charge on any atom is -0.481 e. The van der Waals surface area contributed by atoms with Crippen LogP contribution in [0.1, 0.15) is 38.2 Å². The zero-order chi connectivity index (χ0) is 13.0. The molecule has 2 N–H and O–H groups in total. The second kappa shape index (κ2) is 5.85. The maximum Gasteiger partial charge on any atom is 0.306 e. The SMILES string of the molecule is CCc1cccnc1NC1CCC(C(=O)O)CC1. The number of pyridine rings is 1. The van der Waals surface area contributed by atoms with Crippen molar-refractivity contribution in [3.8, 4) is 0 Å². The molecule has 1 heterocycles. The molecule has 1 saturated carbocycles. The van der Waals surface area contributed by atoms with Crippen LogP contribution in [0.2, 0.25) is 0 Å². The molecular formula is C14H20N2O2. The zero-order valence-electron chi connectivity index (χ0n) is 10.7. The molecule has 0 atom stereocenters. The van der Waals surface area contributed by atoms with Crippen molar-refractivity contribution in [2.75, 3.05) is 5.32 Å². The molecule has 98 valence electrons. The van der Waals surface area contributed by atoms with Gasteiger partial charge in [-0.25, -0.2) is 4.98 Å². The number of carboxylic acid groups (broad SMARTS) is 1. The Morgan fingerprint density at radius 2 is 2.17 bits per heavy atom. The topological polar surface area (TPSA) is 62.2 Å². The molecule has 0 aliphatic heterocycles. The number of hydrogen-bond acceptors (Lipinski definition) is 3. The summed E-state index contributed by atoms with van der Waals surface area (Å²) in [5.74, 6) is 0.150. The van der Waals surface area contributed by atoms with E-state index >= 15 is 0 Å². The average Bonchev–Trinajstić information content (AvgIpc) is 2.40. The Morgan fingerprint density at radius 3 is 2.78 bits per heavy atom. The Balaban J connectivity index is 1.93. The molecule has 0 aromatic carbocycles. The van der Waals surface area contributed by atoms with Crippen molar-refractivity contribution in [3.05, 3.63) is 23.9 Å². The summed E-state index contributed by atoms with van der Waals surface area (Å²) >= 11 is 0. The maximum atomic E-state index is 10.9. The van der Waals surface area contributed by atoms with Gasteiger partial charge in [0.25, 0.3) is 0 Å². The Hall–Kier alpha value is -1.58. The third-order valence-electron chi connectivity index (χ3n) is 3.69. The van der Waals surface area contributed by atoms with Crippen molar-refractivity contribution in [1.29, 1.82) is 0 Å². The van der Waals surface area contributed by atoms with Gasteiger partial charge in [0, 0.05) is 12.2 Å². The first-order valence-corrected chi connectivity index (χ1v) is 6.64. The summed E-state index contributed by atoms with van der Waals surface area (Å²) in [7, 11) is 0. The van der Waals surface area contributed by atoms with Gasteiger partial charge in [-0.15, -0.1) is 0 Å². The molecule has 1 fully saturated rings. The summed E-state index contributed by atoms with van der Waals surface area (Å²) in [6.45, 7) is 2.11. The lowest BCUT2D eigenvalue weighted by atomic mass is 9.86. The minimum atomic E-state index is -0.652. The summed E-state index contributed by atoms with van der Waals surface area (Å²) in [5, 5.41) is 12.4. The van der Waals surface area contributed by atoms with Crippen LogP contribution in [0, 0.1) is 5.92 Å². The van der Waals surface area contributed by atoms with Crippen LogP contribution in [0.3, 0.4) is 0 Å². The van der Waals surface area contributed by atoms with E-state index in [2.05, 4.69) is 23.3 Å². The first kappa shape index (κ1) is 12.9. The van der Waals surface area contributed by atoms with Crippen molar-refractivity contribution in [1.82, 2.24) is 4.98 Å². The molecule has 1 aromatic heterocycles. The Morgan fingerprint density at radius 1 is 1.44 bits per heavy atom. The molecule has 1 aliphatic carbocycles. The Labute approximate surface area is 107 Å². The smallest absolute Gasteiger partial charge is 0.306 e. The van der Waals surface area contributed by atoms with Crippen LogP contribution in [-0.2, 0) is 11.2 Å². The van der Waals surface area contributed by atoms with Crippen LogP contribution in [0.5, 0.6) is 0 Å². The largest absolute Gasteiger partial charge is 0.481 e. The maximum absolute atomic E-state index is 10.9. The highest BCUT2D eigenvalue weighted by Gasteiger charge is 2.26. The van der Waals surface area contributed by atoms with E-state index in [0.29, 0.717) is 6.04 Å². The molecule has 0 saturated heterocycles. The molecule has 1 aromatic rings. The number of aliphatic carboxylic acids is 1. The number of carbonyl (C=O) groups is 1. The number of rotatable bonds is 4. The lowest BCUT2D eigenvalue weighted by Crippen LogP contribution is -2.29. The van der Waals surface area contributed by atoms with Crippen molar-refractivity contribution in [2.24, 2.45) is 5.92 Å².